The number of nitrogens with zero attached hydrogens (tertiary/aromatic N) is 1. The van der Waals surface area contributed by atoms with E-state index in [4.69, 9.17) is 21.4 Å². The van der Waals surface area contributed by atoms with Crippen LogP contribution in [-0.4, -0.2) is 34.9 Å². The first kappa shape index (κ1) is 18.6. The van der Waals surface area contributed by atoms with Crippen molar-refractivity contribution in [1.82, 2.24) is 0 Å². The number of nitrogens with one attached hydrogen (secondary N) is 1. The molecule has 1 aliphatic rings. The van der Waals surface area contributed by atoms with Gasteiger partial charge in [0, 0.05) is 16.1 Å². The van der Waals surface area contributed by atoms with Crippen LogP contribution in [0.4, 0.5) is 5.69 Å². The third kappa shape index (κ3) is 4.51. The highest BCUT2D eigenvalue weighted by Crippen LogP contribution is 2.27. The number of carbonyl (C=O) groups excluding carboxylic acids is 2. The molecule has 138 valence electrons. The summed E-state index contributed by atoms with van der Waals surface area (Å²) in [4.78, 5) is 39.3. The molecule has 3 rings (SSSR count). The van der Waals surface area contributed by atoms with Crippen LogP contribution in [0.15, 0.2) is 53.5 Å². The normalized spacial score (nSPS) is 15.8. The number of aliphatic carboxylic acids is 1. The Morgan fingerprint density at radius 2 is 1.93 bits per heavy atom. The Balaban J connectivity index is 1.99. The summed E-state index contributed by atoms with van der Waals surface area (Å²) in [6.45, 7) is 0. The summed E-state index contributed by atoms with van der Waals surface area (Å²) >= 11 is 6.10. The van der Waals surface area contributed by atoms with Crippen LogP contribution in [0.3, 0.4) is 0 Å². The summed E-state index contributed by atoms with van der Waals surface area (Å²) in [5, 5.41) is 11.8. The molecule has 0 bridgehead atoms. The fraction of sp³-hybridized carbons (Fsp3) is 0.158. The van der Waals surface area contributed by atoms with E-state index in [0.717, 1.165) is 0 Å². The van der Waals surface area contributed by atoms with Crippen LogP contribution in [0, 0.1) is 0 Å². The molecule has 0 saturated carbocycles. The minimum Gasteiger partial charge on any atom is -0.481 e. The van der Waals surface area contributed by atoms with E-state index in [1.54, 1.807) is 18.2 Å². The predicted molar refractivity (Wildman–Crippen MR) is 98.9 cm³/mol. The van der Waals surface area contributed by atoms with E-state index in [0.29, 0.717) is 27.5 Å². The van der Waals surface area contributed by atoms with Crippen molar-refractivity contribution in [3.8, 4) is 0 Å². The zero-order valence-corrected chi connectivity index (χ0v) is 14.8. The lowest BCUT2D eigenvalue weighted by molar-refractivity contribution is -0.155. The molecule has 1 unspecified atom stereocenters. The molecular weight excluding hydrogens is 374 g/mol. The first-order valence-corrected chi connectivity index (χ1v) is 8.47. The minimum absolute atomic E-state index is 0.353. The van der Waals surface area contributed by atoms with Crippen LogP contribution in [-0.2, 0) is 19.1 Å². The molecule has 1 atom stereocenters. The van der Waals surface area contributed by atoms with Crippen molar-refractivity contribution in [3.05, 3.63) is 64.7 Å². The maximum Gasteiger partial charge on any atom is 0.308 e. The highest BCUT2D eigenvalue weighted by Gasteiger charge is 2.29. The van der Waals surface area contributed by atoms with E-state index < -0.39 is 30.5 Å². The Kier molecular flexibility index (Phi) is 5.52. The number of benzodiazepines with no additional fused rings is 1. The first-order chi connectivity index (χ1) is 12.9. The number of halogens is 1. The monoisotopic (exact) mass is 388 g/mol. The SMILES string of the molecule is O=C(O)CCC(=O)OC1N=C(c2ccccc2)c2cc(Cl)ccc2N[14C]1=O. The minimum atomic E-state index is -1.44. The molecule has 1 heterocycles. The van der Waals surface area contributed by atoms with Gasteiger partial charge in [0.2, 0.25) is 0 Å². The largest absolute Gasteiger partial charge is 0.481 e. The van der Waals surface area contributed by atoms with Crippen molar-refractivity contribution >= 4 is 40.8 Å². The third-order valence-electron chi connectivity index (χ3n) is 3.80. The topological polar surface area (TPSA) is 105 Å². The van der Waals surface area contributed by atoms with Gasteiger partial charge in [-0.05, 0) is 18.2 Å². The number of benzene rings is 2. The number of esters is 1. The van der Waals surface area contributed by atoms with Crippen molar-refractivity contribution < 1.29 is 24.2 Å². The molecule has 1 amide bonds. The van der Waals surface area contributed by atoms with Crippen molar-refractivity contribution in [3.63, 3.8) is 0 Å². The molecule has 27 heavy (non-hydrogen) atoms. The average molecular weight is 389 g/mol. The number of anilines is 1. The molecule has 2 N–H and O–H groups in total. The first-order valence-electron chi connectivity index (χ1n) is 8.09. The molecule has 2 aromatic rings. The van der Waals surface area contributed by atoms with E-state index in [1.165, 1.54) is 0 Å². The lowest BCUT2D eigenvalue weighted by Gasteiger charge is -2.12. The average Bonchev–Trinajstić information content (AvgIpc) is 2.78. The molecule has 0 saturated heterocycles. The Morgan fingerprint density at radius 3 is 2.63 bits per heavy atom. The summed E-state index contributed by atoms with van der Waals surface area (Å²) in [5.41, 5.74) is 2.22. The molecule has 8 heteroatoms. The predicted octanol–water partition coefficient (Wildman–Crippen LogP) is 2.86. The maximum absolute atomic E-state index is 12.5. The molecule has 7 nitrogen and oxygen atoms in total. The van der Waals surface area contributed by atoms with Crippen LogP contribution in [0.25, 0.3) is 0 Å². The van der Waals surface area contributed by atoms with Crippen LogP contribution >= 0.6 is 11.6 Å². The van der Waals surface area contributed by atoms with Gasteiger partial charge in [0.25, 0.3) is 12.1 Å². The number of rotatable bonds is 5. The zero-order chi connectivity index (χ0) is 19.4. The van der Waals surface area contributed by atoms with Gasteiger partial charge in [-0.15, -0.1) is 0 Å². The summed E-state index contributed by atoms with van der Waals surface area (Å²) < 4.78 is 5.11. The summed E-state index contributed by atoms with van der Waals surface area (Å²) in [6.07, 6.45) is -2.18. The van der Waals surface area contributed by atoms with Gasteiger partial charge in [-0.1, -0.05) is 41.9 Å². The number of carbonyl (C=O) groups is 3. The van der Waals surface area contributed by atoms with E-state index in [1.807, 2.05) is 30.3 Å². The molecule has 2 aromatic carbocycles. The van der Waals surface area contributed by atoms with Gasteiger partial charge >= 0.3 is 11.9 Å². The standard InChI is InChI=1S/C19H15ClN2O5/c20-12-6-7-14-13(10-12)17(11-4-2-1-3-5-11)22-19(18(26)21-14)27-16(25)9-8-15(23)24/h1-7,10,19H,8-9H2,(H,21,26)(H,23,24)/i18+2. The van der Waals surface area contributed by atoms with Gasteiger partial charge in [-0.25, -0.2) is 4.99 Å². The number of fused-ring (bicyclic) bond motifs is 1. The number of ether oxygens (including phenoxy) is 1. The molecule has 0 spiro atoms. The van der Waals surface area contributed by atoms with E-state index in [2.05, 4.69) is 10.3 Å². The Hall–Kier alpha value is -3.19. The summed E-state index contributed by atoms with van der Waals surface area (Å²) in [7, 11) is 0. The van der Waals surface area contributed by atoms with Crippen LogP contribution in [0.5, 0.6) is 0 Å². The van der Waals surface area contributed by atoms with E-state index in [-0.39, 0.29) is 6.42 Å². The van der Waals surface area contributed by atoms with Gasteiger partial charge in [-0.2, -0.15) is 0 Å². The highest BCUT2D eigenvalue weighted by molar-refractivity contribution is 6.32. The van der Waals surface area contributed by atoms with Gasteiger partial charge in [0.1, 0.15) is 0 Å². The van der Waals surface area contributed by atoms with Crippen LogP contribution in [0.1, 0.15) is 24.0 Å². The third-order valence-corrected chi connectivity index (χ3v) is 4.03. The van der Waals surface area contributed by atoms with Gasteiger partial charge in [0.05, 0.1) is 24.2 Å². The van der Waals surface area contributed by atoms with Crippen molar-refractivity contribution in [1.29, 1.82) is 0 Å². The van der Waals surface area contributed by atoms with Gasteiger partial charge < -0.3 is 15.2 Å². The number of carboxylic acids is 1. The second-order valence-electron chi connectivity index (χ2n) is 5.76. The van der Waals surface area contributed by atoms with E-state index >= 15 is 0 Å². The molecular formula is C19H15ClN2O5. The Bertz CT molecular complexity index is 927. The highest BCUT2D eigenvalue weighted by atomic mass is 35.5. The molecule has 1 aliphatic heterocycles. The number of carboxylic acid groups (broad SMARTS) is 1. The lowest BCUT2D eigenvalue weighted by Crippen LogP contribution is -2.30. The lowest BCUT2D eigenvalue weighted by atomic mass is 10.0. The van der Waals surface area contributed by atoms with Crippen molar-refractivity contribution in [2.75, 3.05) is 5.32 Å². The second-order valence-corrected chi connectivity index (χ2v) is 6.20. The quantitative estimate of drug-likeness (QED) is 0.766. The van der Waals surface area contributed by atoms with Crippen molar-refractivity contribution in [2.24, 2.45) is 4.99 Å². The Labute approximate surface area is 159 Å². The van der Waals surface area contributed by atoms with Gasteiger partial charge in [0.15, 0.2) is 0 Å². The summed E-state index contributed by atoms with van der Waals surface area (Å²) in [5.74, 6) is -2.58. The fourth-order valence-corrected chi connectivity index (χ4v) is 2.73. The second kappa shape index (κ2) is 8.01. The smallest absolute Gasteiger partial charge is 0.308 e. The number of amides is 1. The molecule has 0 aromatic heterocycles. The Morgan fingerprint density at radius 1 is 1.19 bits per heavy atom. The number of aliphatic imine (C=N–C) groups is 1. The van der Waals surface area contributed by atoms with Gasteiger partial charge in [-0.3, -0.25) is 14.4 Å². The maximum atomic E-state index is 12.5. The number of hydrogen-bond acceptors (Lipinski definition) is 5. The zero-order valence-electron chi connectivity index (χ0n) is 14.0. The van der Waals surface area contributed by atoms with Crippen molar-refractivity contribution in [2.45, 2.75) is 19.1 Å². The molecule has 0 radical (unpaired) electrons. The molecule has 0 fully saturated rings. The van der Waals surface area contributed by atoms with Crippen LogP contribution in [0.2, 0.25) is 5.02 Å². The fourth-order valence-electron chi connectivity index (χ4n) is 2.56. The van der Waals surface area contributed by atoms with E-state index in [9.17, 15) is 14.4 Å². The summed E-state index contributed by atoms with van der Waals surface area (Å²) in [6, 6.07) is 14.0. The number of hydrogen-bond donors (Lipinski definition) is 2. The van der Waals surface area contributed by atoms with Crippen LogP contribution < -0.4 is 5.32 Å². The molecule has 0 aliphatic carbocycles.